The summed E-state index contributed by atoms with van der Waals surface area (Å²) in [6.45, 7) is 2.57. The molecule has 2 rings (SSSR count). The quantitative estimate of drug-likeness (QED) is 0.873. The smallest absolute Gasteiger partial charge is 0.226 e. The molecular formula is C12H15N3OS. The fourth-order valence-electron chi connectivity index (χ4n) is 1.53. The minimum absolute atomic E-state index is 0.0220. The monoisotopic (exact) mass is 249 g/mol. The lowest BCUT2D eigenvalue weighted by atomic mass is 10.2. The number of hydrogen-bond donors (Lipinski definition) is 2. The van der Waals surface area contributed by atoms with Gasteiger partial charge in [0, 0.05) is 6.42 Å². The number of hydrogen-bond acceptors (Lipinski definition) is 4. The van der Waals surface area contributed by atoms with Crippen LogP contribution in [0.15, 0.2) is 18.2 Å². The van der Waals surface area contributed by atoms with Gasteiger partial charge in [0.2, 0.25) is 5.91 Å². The maximum atomic E-state index is 11.5. The molecule has 0 fully saturated rings. The predicted molar refractivity (Wildman–Crippen MR) is 71.3 cm³/mol. The number of amides is 1. The minimum Gasteiger partial charge on any atom is -0.330 e. The van der Waals surface area contributed by atoms with E-state index in [9.17, 15) is 4.79 Å². The number of benzene rings is 1. The average molecular weight is 249 g/mol. The summed E-state index contributed by atoms with van der Waals surface area (Å²) < 4.78 is 1.10. The normalized spacial score (nSPS) is 10.7. The zero-order chi connectivity index (χ0) is 12.3. The maximum absolute atomic E-state index is 11.5. The second-order valence-corrected chi connectivity index (χ2v) is 4.96. The van der Waals surface area contributed by atoms with Gasteiger partial charge in [0.15, 0.2) is 5.13 Å². The van der Waals surface area contributed by atoms with Crippen LogP contribution in [-0.2, 0) is 4.79 Å². The zero-order valence-electron chi connectivity index (χ0n) is 9.69. The molecule has 0 radical (unpaired) electrons. The van der Waals surface area contributed by atoms with Gasteiger partial charge in [0.25, 0.3) is 0 Å². The highest BCUT2D eigenvalue weighted by molar-refractivity contribution is 7.22. The van der Waals surface area contributed by atoms with Crippen LogP contribution in [0.25, 0.3) is 10.2 Å². The van der Waals surface area contributed by atoms with Gasteiger partial charge >= 0.3 is 0 Å². The molecule has 0 saturated carbocycles. The predicted octanol–water partition coefficient (Wildman–Crippen LogP) is 2.28. The third-order valence-electron chi connectivity index (χ3n) is 2.40. The van der Waals surface area contributed by atoms with Gasteiger partial charge in [-0.2, -0.15) is 0 Å². The Bertz CT molecular complexity index is 536. The third kappa shape index (κ3) is 3.01. The molecule has 1 aromatic carbocycles. The van der Waals surface area contributed by atoms with Crippen molar-refractivity contribution in [2.75, 3.05) is 11.9 Å². The first-order chi connectivity index (χ1) is 8.19. The molecule has 0 aliphatic heterocycles. The molecule has 1 heterocycles. The van der Waals surface area contributed by atoms with Gasteiger partial charge in [-0.3, -0.25) is 4.79 Å². The summed E-state index contributed by atoms with van der Waals surface area (Å²) in [6, 6.07) is 6.06. The van der Waals surface area contributed by atoms with Gasteiger partial charge in [0.1, 0.15) is 0 Å². The second kappa shape index (κ2) is 5.25. The summed E-state index contributed by atoms with van der Waals surface area (Å²) >= 11 is 1.50. The van der Waals surface area contributed by atoms with E-state index < -0.39 is 0 Å². The van der Waals surface area contributed by atoms with E-state index in [0.717, 1.165) is 10.2 Å². The van der Waals surface area contributed by atoms with E-state index in [-0.39, 0.29) is 5.91 Å². The highest BCUT2D eigenvalue weighted by Crippen LogP contribution is 2.26. The number of aryl methyl sites for hydroxylation is 1. The Morgan fingerprint density at radius 3 is 3.12 bits per heavy atom. The summed E-state index contributed by atoms with van der Waals surface area (Å²) in [5.74, 6) is -0.0220. The SMILES string of the molecule is Cc1ccc2nc(NC(=O)CCCN)sc2c1. The number of nitrogens with two attached hydrogens (primary N) is 1. The minimum atomic E-state index is -0.0220. The van der Waals surface area contributed by atoms with E-state index >= 15 is 0 Å². The summed E-state index contributed by atoms with van der Waals surface area (Å²) in [6.07, 6.45) is 1.15. The van der Waals surface area contributed by atoms with Crippen molar-refractivity contribution < 1.29 is 4.79 Å². The summed E-state index contributed by atoms with van der Waals surface area (Å²) in [5.41, 5.74) is 7.48. The van der Waals surface area contributed by atoms with E-state index in [4.69, 9.17) is 5.73 Å². The maximum Gasteiger partial charge on any atom is 0.226 e. The van der Waals surface area contributed by atoms with E-state index in [1.54, 1.807) is 0 Å². The molecule has 1 aromatic heterocycles. The molecule has 2 aromatic rings. The Morgan fingerprint density at radius 2 is 2.35 bits per heavy atom. The largest absolute Gasteiger partial charge is 0.330 e. The van der Waals surface area contributed by atoms with Crippen LogP contribution >= 0.6 is 11.3 Å². The van der Waals surface area contributed by atoms with Crippen molar-refractivity contribution in [3.63, 3.8) is 0 Å². The lowest BCUT2D eigenvalue weighted by molar-refractivity contribution is -0.116. The third-order valence-corrected chi connectivity index (χ3v) is 3.33. The zero-order valence-corrected chi connectivity index (χ0v) is 10.5. The molecule has 4 nitrogen and oxygen atoms in total. The first kappa shape index (κ1) is 12.0. The number of rotatable bonds is 4. The first-order valence-electron chi connectivity index (χ1n) is 5.56. The molecule has 90 valence electrons. The highest BCUT2D eigenvalue weighted by atomic mass is 32.1. The van der Waals surface area contributed by atoms with Crippen LogP contribution in [0.1, 0.15) is 18.4 Å². The number of nitrogens with zero attached hydrogens (tertiary/aromatic N) is 1. The number of nitrogens with one attached hydrogen (secondary N) is 1. The Labute approximate surface area is 104 Å². The molecule has 1 amide bonds. The molecule has 5 heteroatoms. The van der Waals surface area contributed by atoms with E-state index in [0.29, 0.717) is 24.5 Å². The Hall–Kier alpha value is -1.46. The molecule has 0 aliphatic carbocycles. The van der Waals surface area contributed by atoms with Gasteiger partial charge < -0.3 is 11.1 Å². The molecular weight excluding hydrogens is 234 g/mol. The van der Waals surface area contributed by atoms with Crippen molar-refractivity contribution >= 4 is 32.6 Å². The van der Waals surface area contributed by atoms with Crippen LogP contribution < -0.4 is 11.1 Å². The van der Waals surface area contributed by atoms with Gasteiger partial charge in [-0.05, 0) is 37.6 Å². The summed E-state index contributed by atoms with van der Waals surface area (Å²) in [5, 5.41) is 3.46. The van der Waals surface area contributed by atoms with Gasteiger partial charge in [-0.25, -0.2) is 4.98 Å². The van der Waals surface area contributed by atoms with E-state index in [1.807, 2.05) is 19.1 Å². The molecule has 3 N–H and O–H groups in total. The molecule has 17 heavy (non-hydrogen) atoms. The van der Waals surface area contributed by atoms with Gasteiger partial charge in [-0.15, -0.1) is 0 Å². The van der Waals surface area contributed by atoms with Crippen molar-refractivity contribution in [3.05, 3.63) is 23.8 Å². The molecule has 0 bridgehead atoms. The van der Waals surface area contributed by atoms with Crippen molar-refractivity contribution in [1.82, 2.24) is 4.98 Å². The first-order valence-corrected chi connectivity index (χ1v) is 6.38. The van der Waals surface area contributed by atoms with Crippen molar-refractivity contribution in [3.8, 4) is 0 Å². The van der Waals surface area contributed by atoms with Crippen LogP contribution in [0.2, 0.25) is 0 Å². The topological polar surface area (TPSA) is 68.0 Å². The van der Waals surface area contributed by atoms with Gasteiger partial charge in [-0.1, -0.05) is 17.4 Å². The van der Waals surface area contributed by atoms with Gasteiger partial charge in [0.05, 0.1) is 10.2 Å². The van der Waals surface area contributed by atoms with Crippen LogP contribution in [0, 0.1) is 6.92 Å². The number of carbonyl (C=O) groups excluding carboxylic acids is 1. The molecule has 0 saturated heterocycles. The number of thiazole rings is 1. The standard InChI is InChI=1S/C12H15N3OS/c1-8-4-5-9-10(7-8)17-12(14-9)15-11(16)3-2-6-13/h4-5,7H,2-3,6,13H2,1H3,(H,14,15,16). The molecule has 0 aliphatic rings. The number of aromatic nitrogens is 1. The highest BCUT2D eigenvalue weighted by Gasteiger charge is 2.07. The van der Waals surface area contributed by atoms with E-state index in [2.05, 4.69) is 16.4 Å². The van der Waals surface area contributed by atoms with Crippen LogP contribution in [-0.4, -0.2) is 17.4 Å². The van der Waals surface area contributed by atoms with Crippen LogP contribution in [0.5, 0.6) is 0 Å². The Morgan fingerprint density at radius 1 is 1.53 bits per heavy atom. The van der Waals surface area contributed by atoms with Crippen LogP contribution in [0.3, 0.4) is 0 Å². The average Bonchev–Trinajstić information content (AvgIpc) is 2.67. The summed E-state index contributed by atoms with van der Waals surface area (Å²) in [4.78, 5) is 15.9. The van der Waals surface area contributed by atoms with Crippen molar-refractivity contribution in [2.45, 2.75) is 19.8 Å². The van der Waals surface area contributed by atoms with Crippen molar-refractivity contribution in [1.29, 1.82) is 0 Å². The molecule has 0 atom stereocenters. The number of fused-ring (bicyclic) bond motifs is 1. The second-order valence-electron chi connectivity index (χ2n) is 3.93. The number of anilines is 1. The van der Waals surface area contributed by atoms with Crippen molar-refractivity contribution in [2.24, 2.45) is 5.73 Å². The summed E-state index contributed by atoms with van der Waals surface area (Å²) in [7, 11) is 0. The number of carbonyl (C=O) groups is 1. The fourth-order valence-corrected chi connectivity index (χ4v) is 2.51. The van der Waals surface area contributed by atoms with Crippen LogP contribution in [0.4, 0.5) is 5.13 Å². The lowest BCUT2D eigenvalue weighted by Gasteiger charge is -1.98. The van der Waals surface area contributed by atoms with E-state index in [1.165, 1.54) is 16.9 Å². The molecule has 0 spiro atoms. The Kier molecular flexibility index (Phi) is 3.71. The molecule has 0 unspecified atom stereocenters. The Balaban J connectivity index is 2.11. The fraction of sp³-hybridized carbons (Fsp3) is 0.333. The lowest BCUT2D eigenvalue weighted by Crippen LogP contribution is -2.13.